The average molecular weight is 247 g/mol. The summed E-state index contributed by atoms with van der Waals surface area (Å²) in [5.74, 6) is 0.0183. The van der Waals surface area contributed by atoms with E-state index in [-0.39, 0.29) is 30.4 Å². The molecule has 15 heavy (non-hydrogen) atoms. The molecule has 1 aromatic heterocycles. The highest BCUT2D eigenvalue weighted by Gasteiger charge is 2.35. The van der Waals surface area contributed by atoms with Gasteiger partial charge in [0.25, 0.3) is 5.91 Å². The molecule has 1 aromatic rings. The highest BCUT2D eigenvalue weighted by molar-refractivity contribution is 7.12. The molecule has 0 bridgehead atoms. The molecule has 1 aliphatic rings. The fraction of sp³-hybridized carbons (Fsp3) is 0.500. The van der Waals surface area contributed by atoms with E-state index in [4.69, 9.17) is 5.73 Å². The molecule has 2 atom stereocenters. The van der Waals surface area contributed by atoms with Crippen LogP contribution in [0.5, 0.6) is 0 Å². The zero-order valence-electron chi connectivity index (χ0n) is 8.74. The molecule has 0 radical (unpaired) electrons. The van der Waals surface area contributed by atoms with Crippen molar-refractivity contribution in [2.45, 2.75) is 32.4 Å². The molecule has 3 N–H and O–H groups in total. The van der Waals surface area contributed by atoms with Crippen LogP contribution in [-0.4, -0.2) is 18.0 Å². The van der Waals surface area contributed by atoms with Crippen molar-refractivity contribution in [3.8, 4) is 0 Å². The second-order valence-corrected chi connectivity index (χ2v) is 5.27. The summed E-state index contributed by atoms with van der Waals surface area (Å²) in [7, 11) is 0. The summed E-state index contributed by atoms with van der Waals surface area (Å²) < 4.78 is 0. The molecule has 0 aromatic carbocycles. The molecule has 5 heteroatoms. The van der Waals surface area contributed by atoms with Crippen molar-refractivity contribution in [3.05, 3.63) is 21.4 Å². The Labute approximate surface area is 99.5 Å². The first-order valence-electron chi connectivity index (χ1n) is 4.71. The largest absolute Gasteiger partial charge is 0.348 e. The highest BCUT2D eigenvalue weighted by atomic mass is 35.5. The number of nitrogens with one attached hydrogen (secondary N) is 1. The fourth-order valence-corrected chi connectivity index (χ4v) is 2.40. The number of carbonyl (C=O) groups is 1. The summed E-state index contributed by atoms with van der Waals surface area (Å²) in [6.45, 7) is 3.98. The number of aryl methyl sites for hydroxylation is 2. The van der Waals surface area contributed by atoms with Crippen molar-refractivity contribution in [1.29, 1.82) is 0 Å². The van der Waals surface area contributed by atoms with E-state index in [0.29, 0.717) is 0 Å². The van der Waals surface area contributed by atoms with E-state index in [2.05, 4.69) is 5.32 Å². The van der Waals surface area contributed by atoms with E-state index in [1.165, 1.54) is 4.88 Å². The third-order valence-corrected chi connectivity index (χ3v) is 3.41. The van der Waals surface area contributed by atoms with Gasteiger partial charge in [-0.25, -0.2) is 0 Å². The van der Waals surface area contributed by atoms with Crippen LogP contribution in [0, 0.1) is 13.8 Å². The van der Waals surface area contributed by atoms with Gasteiger partial charge in [0.05, 0.1) is 5.56 Å². The Morgan fingerprint density at radius 2 is 2.20 bits per heavy atom. The quantitative estimate of drug-likeness (QED) is 0.833. The molecule has 1 aliphatic carbocycles. The van der Waals surface area contributed by atoms with Crippen LogP contribution in [0.15, 0.2) is 6.07 Å². The lowest BCUT2D eigenvalue weighted by Crippen LogP contribution is -2.29. The molecule has 1 saturated carbocycles. The number of halogens is 1. The summed E-state index contributed by atoms with van der Waals surface area (Å²) in [5.41, 5.74) is 6.42. The van der Waals surface area contributed by atoms with Crippen LogP contribution < -0.4 is 11.1 Å². The SMILES string of the molecule is Cc1cc(C(=O)NC2CC2N)c(C)s1.Cl. The molecule has 84 valence electrons. The van der Waals surface area contributed by atoms with Gasteiger partial charge in [-0.3, -0.25) is 4.79 Å². The second-order valence-electron chi connectivity index (χ2n) is 3.81. The van der Waals surface area contributed by atoms with Gasteiger partial charge >= 0.3 is 0 Å². The minimum absolute atomic E-state index is 0. The van der Waals surface area contributed by atoms with Gasteiger partial charge in [0, 0.05) is 21.8 Å². The number of nitrogens with two attached hydrogens (primary N) is 1. The van der Waals surface area contributed by atoms with Crippen molar-refractivity contribution in [2.75, 3.05) is 0 Å². The number of amides is 1. The number of thiophene rings is 1. The van der Waals surface area contributed by atoms with E-state index in [9.17, 15) is 4.79 Å². The molecule has 2 rings (SSSR count). The van der Waals surface area contributed by atoms with Crippen molar-refractivity contribution in [2.24, 2.45) is 5.73 Å². The predicted octanol–water partition coefficient (Wildman–Crippen LogP) is 1.62. The third kappa shape index (κ3) is 2.71. The summed E-state index contributed by atoms with van der Waals surface area (Å²) in [6.07, 6.45) is 0.911. The zero-order valence-corrected chi connectivity index (χ0v) is 10.4. The number of carbonyl (C=O) groups excluding carboxylic acids is 1. The standard InChI is InChI=1S/C10H14N2OS.ClH/c1-5-3-7(6(2)14-5)10(13)12-9-4-8(9)11;/h3,8-9H,4,11H2,1-2H3,(H,12,13);1H. The van der Waals surface area contributed by atoms with E-state index < -0.39 is 0 Å². The van der Waals surface area contributed by atoms with Gasteiger partial charge in [0.1, 0.15) is 0 Å². The maximum absolute atomic E-state index is 11.7. The van der Waals surface area contributed by atoms with E-state index >= 15 is 0 Å². The Hall–Kier alpha value is -0.580. The fourth-order valence-electron chi connectivity index (χ4n) is 1.48. The van der Waals surface area contributed by atoms with Crippen molar-refractivity contribution in [1.82, 2.24) is 5.32 Å². The summed E-state index contributed by atoms with van der Waals surface area (Å²) in [5, 5.41) is 2.92. The molecule has 3 nitrogen and oxygen atoms in total. The molecule has 1 amide bonds. The monoisotopic (exact) mass is 246 g/mol. The zero-order chi connectivity index (χ0) is 10.3. The van der Waals surface area contributed by atoms with Crippen LogP contribution in [0.2, 0.25) is 0 Å². The van der Waals surface area contributed by atoms with Gasteiger partial charge in [-0.15, -0.1) is 23.7 Å². The minimum Gasteiger partial charge on any atom is -0.348 e. The summed E-state index contributed by atoms with van der Waals surface area (Å²) in [4.78, 5) is 14.0. The topological polar surface area (TPSA) is 55.1 Å². The lowest BCUT2D eigenvalue weighted by molar-refractivity contribution is 0.0950. The minimum atomic E-state index is 0. The maximum Gasteiger partial charge on any atom is 0.252 e. The smallest absolute Gasteiger partial charge is 0.252 e. The Bertz CT molecular complexity index is 377. The first kappa shape index (κ1) is 12.5. The Morgan fingerprint density at radius 1 is 1.60 bits per heavy atom. The van der Waals surface area contributed by atoms with Crippen LogP contribution in [0.25, 0.3) is 0 Å². The first-order valence-corrected chi connectivity index (χ1v) is 5.53. The predicted molar refractivity (Wildman–Crippen MR) is 64.9 cm³/mol. The van der Waals surface area contributed by atoms with Crippen molar-refractivity contribution < 1.29 is 4.79 Å². The van der Waals surface area contributed by atoms with Gasteiger partial charge < -0.3 is 11.1 Å². The van der Waals surface area contributed by atoms with Crippen LogP contribution in [-0.2, 0) is 0 Å². The third-order valence-electron chi connectivity index (χ3n) is 2.44. The molecule has 1 heterocycles. The Morgan fingerprint density at radius 3 is 2.60 bits per heavy atom. The molecule has 2 unspecified atom stereocenters. The Kier molecular flexibility index (Phi) is 3.76. The van der Waals surface area contributed by atoms with Gasteiger partial charge in [0.15, 0.2) is 0 Å². The number of rotatable bonds is 2. The lowest BCUT2D eigenvalue weighted by atomic mass is 10.2. The van der Waals surface area contributed by atoms with E-state index in [0.717, 1.165) is 16.9 Å². The molecular formula is C10H15ClN2OS. The second kappa shape index (κ2) is 4.51. The number of hydrogen-bond donors (Lipinski definition) is 2. The molecule has 0 aliphatic heterocycles. The molecule has 0 saturated heterocycles. The maximum atomic E-state index is 11.7. The van der Waals surface area contributed by atoms with Crippen LogP contribution in [0.4, 0.5) is 0 Å². The Balaban J connectivity index is 0.00000112. The van der Waals surface area contributed by atoms with Crippen LogP contribution >= 0.6 is 23.7 Å². The van der Waals surface area contributed by atoms with Crippen LogP contribution in [0.1, 0.15) is 26.5 Å². The van der Waals surface area contributed by atoms with Crippen LogP contribution in [0.3, 0.4) is 0 Å². The highest BCUT2D eigenvalue weighted by Crippen LogP contribution is 2.23. The summed E-state index contributed by atoms with van der Waals surface area (Å²) in [6, 6.07) is 2.30. The molecule has 0 spiro atoms. The first-order chi connectivity index (χ1) is 6.58. The van der Waals surface area contributed by atoms with Gasteiger partial charge in [-0.2, -0.15) is 0 Å². The summed E-state index contributed by atoms with van der Waals surface area (Å²) >= 11 is 1.65. The normalized spacial score (nSPS) is 23.1. The van der Waals surface area contributed by atoms with E-state index in [1.807, 2.05) is 19.9 Å². The average Bonchev–Trinajstić information content (AvgIpc) is 2.64. The molecular weight excluding hydrogens is 232 g/mol. The van der Waals surface area contributed by atoms with Gasteiger partial charge in [0.2, 0.25) is 0 Å². The van der Waals surface area contributed by atoms with Crippen molar-refractivity contribution in [3.63, 3.8) is 0 Å². The van der Waals surface area contributed by atoms with Crippen molar-refractivity contribution >= 4 is 29.7 Å². The van der Waals surface area contributed by atoms with E-state index in [1.54, 1.807) is 11.3 Å². The number of hydrogen-bond acceptors (Lipinski definition) is 3. The molecule has 1 fully saturated rings. The lowest BCUT2D eigenvalue weighted by Gasteiger charge is -2.01. The van der Waals surface area contributed by atoms with Gasteiger partial charge in [-0.1, -0.05) is 0 Å². The van der Waals surface area contributed by atoms with Gasteiger partial charge in [-0.05, 0) is 26.3 Å².